The summed E-state index contributed by atoms with van der Waals surface area (Å²) in [6.07, 6.45) is 6.66. The quantitative estimate of drug-likeness (QED) is 0.866. The Labute approximate surface area is 101 Å². The Morgan fingerprint density at radius 1 is 1.44 bits per heavy atom. The molecule has 0 aromatic carbocycles. The van der Waals surface area contributed by atoms with Gasteiger partial charge >= 0.3 is 0 Å². The summed E-state index contributed by atoms with van der Waals surface area (Å²) >= 11 is 1.86. The van der Waals surface area contributed by atoms with E-state index < -0.39 is 0 Å². The minimum atomic E-state index is 0.263. The van der Waals surface area contributed by atoms with E-state index in [1.54, 1.807) is 0 Å². The number of hydrogen-bond donors (Lipinski definition) is 1. The maximum absolute atomic E-state index is 4.84. The molecule has 3 heteroatoms. The summed E-state index contributed by atoms with van der Waals surface area (Å²) in [5.74, 6) is 0.558. The van der Waals surface area contributed by atoms with Crippen LogP contribution in [-0.4, -0.2) is 11.0 Å². The first-order chi connectivity index (χ1) is 7.70. The largest absolute Gasteiger partial charge is 0.303 e. The van der Waals surface area contributed by atoms with Crippen LogP contribution in [-0.2, 0) is 5.54 Å². The van der Waals surface area contributed by atoms with Gasteiger partial charge in [0.25, 0.3) is 0 Å². The molecule has 16 heavy (non-hydrogen) atoms. The van der Waals surface area contributed by atoms with Crippen LogP contribution in [0.4, 0.5) is 0 Å². The maximum atomic E-state index is 4.84. The van der Waals surface area contributed by atoms with Gasteiger partial charge in [-0.05, 0) is 38.0 Å². The van der Waals surface area contributed by atoms with Crippen molar-refractivity contribution in [3.63, 3.8) is 0 Å². The van der Waals surface area contributed by atoms with Crippen LogP contribution in [0.25, 0.3) is 0 Å². The molecule has 0 aliphatic heterocycles. The molecule has 2 fully saturated rings. The van der Waals surface area contributed by atoms with Gasteiger partial charge in [-0.1, -0.05) is 13.8 Å². The van der Waals surface area contributed by atoms with Crippen LogP contribution in [0.15, 0.2) is 5.38 Å². The Morgan fingerprint density at radius 3 is 2.62 bits per heavy atom. The van der Waals surface area contributed by atoms with Gasteiger partial charge in [0.1, 0.15) is 5.01 Å². The highest BCUT2D eigenvalue weighted by Crippen LogP contribution is 2.45. The van der Waals surface area contributed by atoms with E-state index in [-0.39, 0.29) is 5.54 Å². The number of hydrogen-bond acceptors (Lipinski definition) is 3. The van der Waals surface area contributed by atoms with Crippen molar-refractivity contribution in [3.05, 3.63) is 16.1 Å². The van der Waals surface area contributed by atoms with Gasteiger partial charge in [-0.2, -0.15) is 0 Å². The van der Waals surface area contributed by atoms with Crippen LogP contribution in [0, 0.1) is 0 Å². The van der Waals surface area contributed by atoms with E-state index in [0.29, 0.717) is 5.92 Å². The minimum absolute atomic E-state index is 0.263. The Kier molecular flexibility index (Phi) is 2.55. The zero-order valence-corrected chi connectivity index (χ0v) is 10.9. The standard InChI is InChI=1S/C13H20N2S/c1-9(2)11-8-16-12(14-11)13(6-3-7-13)15-10-4-5-10/h8-10,15H,3-7H2,1-2H3. The van der Waals surface area contributed by atoms with Crippen molar-refractivity contribution in [3.8, 4) is 0 Å². The van der Waals surface area contributed by atoms with E-state index >= 15 is 0 Å². The molecule has 0 bridgehead atoms. The molecule has 2 saturated carbocycles. The fraction of sp³-hybridized carbons (Fsp3) is 0.769. The second-order valence-corrected chi connectivity index (χ2v) is 6.44. The third-order valence-electron chi connectivity index (χ3n) is 3.79. The molecule has 1 heterocycles. The van der Waals surface area contributed by atoms with Crippen molar-refractivity contribution < 1.29 is 0 Å². The SMILES string of the molecule is CC(C)c1csc(C2(NC3CC3)CCC2)n1. The summed E-state index contributed by atoms with van der Waals surface area (Å²) in [4.78, 5) is 4.84. The van der Waals surface area contributed by atoms with Crippen molar-refractivity contribution >= 4 is 11.3 Å². The number of rotatable bonds is 4. The zero-order valence-electron chi connectivity index (χ0n) is 10.1. The molecule has 0 atom stereocenters. The molecule has 0 spiro atoms. The van der Waals surface area contributed by atoms with Crippen molar-refractivity contribution in [1.82, 2.24) is 10.3 Å². The lowest BCUT2D eigenvalue weighted by atomic mass is 9.77. The lowest BCUT2D eigenvalue weighted by Gasteiger charge is -2.41. The summed E-state index contributed by atoms with van der Waals surface area (Å²) in [5, 5.41) is 7.41. The van der Waals surface area contributed by atoms with Crippen LogP contribution in [0.3, 0.4) is 0 Å². The van der Waals surface area contributed by atoms with E-state index in [0.717, 1.165) is 6.04 Å². The van der Waals surface area contributed by atoms with Crippen molar-refractivity contribution in [1.29, 1.82) is 0 Å². The molecule has 2 nitrogen and oxygen atoms in total. The predicted molar refractivity (Wildman–Crippen MR) is 67.9 cm³/mol. The van der Waals surface area contributed by atoms with Gasteiger partial charge < -0.3 is 5.32 Å². The number of nitrogens with zero attached hydrogens (tertiary/aromatic N) is 1. The first-order valence-electron chi connectivity index (χ1n) is 6.43. The summed E-state index contributed by atoms with van der Waals surface area (Å²) in [5.41, 5.74) is 1.53. The van der Waals surface area contributed by atoms with Crippen LogP contribution in [0.2, 0.25) is 0 Å². The molecule has 2 aliphatic rings. The number of nitrogens with one attached hydrogen (secondary N) is 1. The third-order valence-corrected chi connectivity index (χ3v) is 4.85. The lowest BCUT2D eigenvalue weighted by molar-refractivity contribution is 0.182. The Hall–Kier alpha value is -0.410. The number of aromatic nitrogens is 1. The second-order valence-electron chi connectivity index (χ2n) is 5.59. The van der Waals surface area contributed by atoms with Gasteiger partial charge in [0.2, 0.25) is 0 Å². The van der Waals surface area contributed by atoms with Crippen molar-refractivity contribution in [2.75, 3.05) is 0 Å². The van der Waals surface area contributed by atoms with Gasteiger partial charge in [-0.3, -0.25) is 0 Å². The summed E-state index contributed by atoms with van der Waals surface area (Å²) < 4.78 is 0. The number of thiazole rings is 1. The molecular formula is C13H20N2S. The van der Waals surface area contributed by atoms with E-state index in [1.807, 2.05) is 11.3 Å². The molecule has 1 N–H and O–H groups in total. The third kappa shape index (κ3) is 1.80. The van der Waals surface area contributed by atoms with E-state index in [1.165, 1.54) is 42.8 Å². The molecule has 0 unspecified atom stereocenters. The highest BCUT2D eigenvalue weighted by atomic mass is 32.1. The van der Waals surface area contributed by atoms with Gasteiger partial charge in [0, 0.05) is 11.4 Å². The van der Waals surface area contributed by atoms with Crippen LogP contribution in [0.1, 0.15) is 62.6 Å². The summed E-state index contributed by atoms with van der Waals surface area (Å²) in [6, 6.07) is 0.784. The highest BCUT2D eigenvalue weighted by molar-refractivity contribution is 7.09. The molecule has 0 amide bonds. The van der Waals surface area contributed by atoms with Gasteiger partial charge in [0.15, 0.2) is 0 Å². The predicted octanol–water partition coefficient (Wildman–Crippen LogP) is 3.40. The van der Waals surface area contributed by atoms with Crippen LogP contribution < -0.4 is 5.32 Å². The van der Waals surface area contributed by atoms with E-state index in [9.17, 15) is 0 Å². The normalized spacial score (nSPS) is 23.4. The van der Waals surface area contributed by atoms with E-state index in [2.05, 4.69) is 24.5 Å². The average molecular weight is 236 g/mol. The van der Waals surface area contributed by atoms with Gasteiger partial charge in [0.05, 0.1) is 11.2 Å². The van der Waals surface area contributed by atoms with Gasteiger partial charge in [-0.25, -0.2) is 4.98 Å². The van der Waals surface area contributed by atoms with Crippen LogP contribution in [0.5, 0.6) is 0 Å². The molecule has 0 saturated heterocycles. The molecule has 2 aliphatic carbocycles. The van der Waals surface area contributed by atoms with E-state index in [4.69, 9.17) is 4.98 Å². The highest BCUT2D eigenvalue weighted by Gasteiger charge is 2.44. The molecule has 1 aromatic heterocycles. The minimum Gasteiger partial charge on any atom is -0.303 e. The molecule has 0 radical (unpaired) electrons. The van der Waals surface area contributed by atoms with Crippen molar-refractivity contribution in [2.24, 2.45) is 0 Å². The smallest absolute Gasteiger partial charge is 0.113 e. The topological polar surface area (TPSA) is 24.9 Å². The first-order valence-corrected chi connectivity index (χ1v) is 7.31. The Balaban J connectivity index is 1.81. The monoisotopic (exact) mass is 236 g/mol. The van der Waals surface area contributed by atoms with Crippen molar-refractivity contribution in [2.45, 2.75) is 63.5 Å². The first kappa shape index (κ1) is 10.7. The molecular weight excluding hydrogens is 216 g/mol. The summed E-state index contributed by atoms with van der Waals surface area (Å²) in [6.45, 7) is 4.45. The molecule has 1 aromatic rings. The zero-order chi connectivity index (χ0) is 11.2. The fourth-order valence-electron chi connectivity index (χ4n) is 2.34. The van der Waals surface area contributed by atoms with Crippen LogP contribution >= 0.6 is 11.3 Å². The Morgan fingerprint density at radius 2 is 2.19 bits per heavy atom. The summed E-state index contributed by atoms with van der Waals surface area (Å²) in [7, 11) is 0. The molecule has 3 rings (SSSR count). The van der Waals surface area contributed by atoms with Gasteiger partial charge in [-0.15, -0.1) is 11.3 Å². The second kappa shape index (κ2) is 3.81. The lowest BCUT2D eigenvalue weighted by Crippen LogP contribution is -2.49. The fourth-order valence-corrected chi connectivity index (χ4v) is 3.54. The maximum Gasteiger partial charge on any atom is 0.113 e. The Bertz CT molecular complexity index is 375. The molecule has 88 valence electrons. The average Bonchev–Trinajstić information content (AvgIpc) is 2.86.